The van der Waals surface area contributed by atoms with Gasteiger partial charge in [0.15, 0.2) is 6.10 Å². The van der Waals surface area contributed by atoms with Gasteiger partial charge in [-0.3, -0.25) is 9.59 Å². The lowest BCUT2D eigenvalue weighted by Crippen LogP contribution is -2.28. The summed E-state index contributed by atoms with van der Waals surface area (Å²) in [7, 11) is 0. The van der Waals surface area contributed by atoms with Crippen LogP contribution in [0.4, 0.5) is 0 Å². The van der Waals surface area contributed by atoms with Crippen LogP contribution in [0.5, 0.6) is 0 Å². The van der Waals surface area contributed by atoms with Crippen molar-refractivity contribution in [2.45, 2.75) is 212 Å². The molecule has 8 heteroatoms. The van der Waals surface area contributed by atoms with Gasteiger partial charge in [-0.05, 0) is 25.2 Å². The van der Waals surface area contributed by atoms with E-state index in [9.17, 15) is 30.0 Å². The lowest BCUT2D eigenvalue weighted by molar-refractivity contribution is -0.161. The highest BCUT2D eigenvalue weighted by Gasteiger charge is 2.39. The Morgan fingerprint density at radius 3 is 1.73 bits per heavy atom. The summed E-state index contributed by atoms with van der Waals surface area (Å²) < 4.78 is 10.5. The Bertz CT molecular complexity index is 889. The highest BCUT2D eigenvalue weighted by molar-refractivity contribution is 5.71. The Balaban J connectivity index is 2.08. The van der Waals surface area contributed by atoms with E-state index in [0.717, 1.165) is 38.5 Å². The highest BCUT2D eigenvalue weighted by atomic mass is 16.6. The Hall–Kier alpha value is -1.74. The Kier molecular flexibility index (Phi) is 30.5. The van der Waals surface area contributed by atoms with Crippen LogP contribution < -0.4 is 0 Å². The number of unbranched alkanes of at least 4 members (excludes halogenated alkanes) is 20. The second-order valence-corrected chi connectivity index (χ2v) is 15.1. The number of allylic oxidation sites excluding steroid dienone is 1. The summed E-state index contributed by atoms with van der Waals surface area (Å²) in [4.78, 5) is 24.5. The van der Waals surface area contributed by atoms with Crippen molar-refractivity contribution in [1.82, 2.24) is 0 Å². The van der Waals surface area contributed by atoms with E-state index in [1.165, 1.54) is 103 Å². The molecule has 1 aliphatic rings. The molecule has 1 aliphatic carbocycles. The predicted molar refractivity (Wildman–Crippen MR) is 207 cm³/mol. The number of aliphatic hydroxyl groups is 4. The fourth-order valence-corrected chi connectivity index (χ4v) is 7.06. The number of hydrogen-bond donors (Lipinski definition) is 4. The molecular formula is C43H78O8. The average molecular weight is 723 g/mol. The molecule has 0 saturated heterocycles. The number of aliphatic hydroxyl groups excluding tert-OH is 4. The van der Waals surface area contributed by atoms with Crippen LogP contribution in [-0.2, 0) is 19.1 Å². The van der Waals surface area contributed by atoms with Gasteiger partial charge >= 0.3 is 11.9 Å². The monoisotopic (exact) mass is 723 g/mol. The quantitative estimate of drug-likeness (QED) is 0.0293. The number of hydrogen-bond acceptors (Lipinski definition) is 8. The van der Waals surface area contributed by atoms with Gasteiger partial charge in [0, 0.05) is 18.8 Å². The maximum atomic E-state index is 12.3. The third kappa shape index (κ3) is 25.8. The molecule has 0 bridgehead atoms. The first-order valence-electron chi connectivity index (χ1n) is 21.2. The summed E-state index contributed by atoms with van der Waals surface area (Å²) in [5.74, 6) is -1.36. The summed E-state index contributed by atoms with van der Waals surface area (Å²) in [6, 6.07) is 0. The van der Waals surface area contributed by atoms with Gasteiger partial charge in [0.05, 0.1) is 31.3 Å². The van der Waals surface area contributed by atoms with Crippen LogP contribution in [0.25, 0.3) is 0 Å². The molecule has 1 fully saturated rings. The molecular weight excluding hydrogens is 644 g/mol. The van der Waals surface area contributed by atoms with Crippen molar-refractivity contribution in [3.8, 4) is 0 Å². The minimum absolute atomic E-state index is 0.00741. The number of esters is 2. The lowest BCUT2D eigenvalue weighted by atomic mass is 9.89. The van der Waals surface area contributed by atoms with Crippen LogP contribution in [0, 0.1) is 11.8 Å². The minimum atomic E-state index is -0.884. The number of rotatable bonds is 34. The molecule has 0 spiro atoms. The van der Waals surface area contributed by atoms with Gasteiger partial charge in [0.2, 0.25) is 0 Å². The molecule has 0 heterocycles. The van der Waals surface area contributed by atoms with Gasteiger partial charge in [-0.25, -0.2) is 0 Å². The van der Waals surface area contributed by atoms with Crippen molar-refractivity contribution in [3.05, 3.63) is 24.3 Å². The normalized spacial score (nSPS) is 20.4. The molecule has 0 aromatic carbocycles. The van der Waals surface area contributed by atoms with E-state index in [0.29, 0.717) is 19.3 Å². The molecule has 0 radical (unpaired) electrons. The second-order valence-electron chi connectivity index (χ2n) is 15.1. The molecule has 6 atom stereocenters. The fourth-order valence-electron chi connectivity index (χ4n) is 7.06. The van der Waals surface area contributed by atoms with Crippen LogP contribution in [0.1, 0.15) is 187 Å². The highest BCUT2D eigenvalue weighted by Crippen LogP contribution is 2.36. The van der Waals surface area contributed by atoms with Crippen molar-refractivity contribution in [2.24, 2.45) is 11.8 Å². The predicted octanol–water partition coefficient (Wildman–Crippen LogP) is 9.45. The molecule has 0 aliphatic heterocycles. The van der Waals surface area contributed by atoms with Crippen molar-refractivity contribution in [1.29, 1.82) is 0 Å². The average Bonchev–Trinajstić information content (AvgIpc) is 3.39. The molecule has 298 valence electrons. The van der Waals surface area contributed by atoms with E-state index >= 15 is 0 Å². The van der Waals surface area contributed by atoms with E-state index < -0.39 is 37.0 Å². The third-order valence-electron chi connectivity index (χ3n) is 10.4. The second kappa shape index (κ2) is 32.9. The number of carbonyl (C=O) groups is 2. The molecule has 0 aromatic heterocycles. The van der Waals surface area contributed by atoms with Crippen molar-refractivity contribution in [3.63, 3.8) is 0 Å². The van der Waals surface area contributed by atoms with Crippen molar-refractivity contribution < 1.29 is 39.5 Å². The van der Waals surface area contributed by atoms with Gasteiger partial charge in [0.1, 0.15) is 6.61 Å². The lowest BCUT2D eigenvalue weighted by Gasteiger charge is -2.19. The standard InChI is InChI=1S/C43H78O8/c1-3-5-7-8-9-10-11-12-13-14-15-16-17-18-19-20-21-22-24-30-43(49)51-37(34-44)35-50-42(48)29-26-25-28-38-39(41(47)33-40(38)46)32-31-36(45)27-23-6-4-2/h25-26,31-32,36-41,44-47H,3-24,27-30,33-35H2,1-2H3/b26-25-,32-31+/t36-,37+,38+,39-,40+,41-/m1/s1. The summed E-state index contributed by atoms with van der Waals surface area (Å²) in [6.07, 6.45) is 33.7. The van der Waals surface area contributed by atoms with Gasteiger partial charge in [-0.15, -0.1) is 0 Å². The molecule has 0 amide bonds. The maximum absolute atomic E-state index is 12.3. The summed E-state index contributed by atoms with van der Waals surface area (Å²) in [5, 5.41) is 40.7. The van der Waals surface area contributed by atoms with E-state index in [1.54, 1.807) is 18.2 Å². The third-order valence-corrected chi connectivity index (χ3v) is 10.4. The summed E-state index contributed by atoms with van der Waals surface area (Å²) >= 11 is 0. The van der Waals surface area contributed by atoms with Crippen LogP contribution in [0.3, 0.4) is 0 Å². The van der Waals surface area contributed by atoms with E-state index in [4.69, 9.17) is 9.47 Å². The van der Waals surface area contributed by atoms with Gasteiger partial charge in [0.25, 0.3) is 0 Å². The molecule has 0 unspecified atom stereocenters. The Morgan fingerprint density at radius 1 is 0.686 bits per heavy atom. The van der Waals surface area contributed by atoms with Crippen LogP contribution in [-0.4, -0.2) is 70.0 Å². The summed E-state index contributed by atoms with van der Waals surface area (Å²) in [5.41, 5.74) is 0. The molecule has 1 saturated carbocycles. The van der Waals surface area contributed by atoms with Crippen molar-refractivity contribution >= 4 is 11.9 Å². The first-order valence-corrected chi connectivity index (χ1v) is 21.2. The van der Waals surface area contributed by atoms with Gasteiger partial charge < -0.3 is 29.9 Å². The van der Waals surface area contributed by atoms with Crippen molar-refractivity contribution in [2.75, 3.05) is 13.2 Å². The van der Waals surface area contributed by atoms with E-state index in [1.807, 2.05) is 6.08 Å². The van der Waals surface area contributed by atoms with Gasteiger partial charge in [-0.1, -0.05) is 173 Å². The molecule has 4 N–H and O–H groups in total. The molecule has 1 rings (SSSR count). The maximum Gasteiger partial charge on any atom is 0.309 e. The molecule has 0 aromatic rings. The number of carbonyl (C=O) groups excluding carboxylic acids is 2. The fraction of sp³-hybridized carbons (Fsp3) is 0.860. The zero-order chi connectivity index (χ0) is 37.4. The Morgan fingerprint density at radius 2 is 1.20 bits per heavy atom. The molecule has 51 heavy (non-hydrogen) atoms. The zero-order valence-electron chi connectivity index (χ0n) is 32.7. The summed E-state index contributed by atoms with van der Waals surface area (Å²) in [6.45, 7) is 3.77. The number of ether oxygens (including phenoxy) is 2. The smallest absolute Gasteiger partial charge is 0.309 e. The van der Waals surface area contributed by atoms with Crippen LogP contribution in [0.2, 0.25) is 0 Å². The minimum Gasteiger partial charge on any atom is -0.461 e. The van der Waals surface area contributed by atoms with E-state index in [2.05, 4.69) is 13.8 Å². The SMILES string of the molecule is CCCCCCCCCCCCCCCCCCCCCC(=O)O[C@@H](CO)COC(=O)C/C=C\C[C@H]1[C@@H](/C=C/[C@H](O)CCCCC)[C@H](O)C[C@@H]1O. The first kappa shape index (κ1) is 47.3. The van der Waals surface area contributed by atoms with Gasteiger partial charge in [-0.2, -0.15) is 0 Å². The zero-order valence-corrected chi connectivity index (χ0v) is 32.7. The first-order chi connectivity index (χ1) is 24.8. The largest absolute Gasteiger partial charge is 0.461 e. The topological polar surface area (TPSA) is 134 Å². The Labute approximate surface area is 311 Å². The van der Waals surface area contributed by atoms with Crippen LogP contribution in [0.15, 0.2) is 24.3 Å². The molecule has 8 nitrogen and oxygen atoms in total. The van der Waals surface area contributed by atoms with E-state index in [-0.39, 0.29) is 37.3 Å². The van der Waals surface area contributed by atoms with Crippen LogP contribution >= 0.6 is 0 Å².